The minimum Gasteiger partial charge on any atom is -0.489 e. The third-order valence-corrected chi connectivity index (χ3v) is 7.06. The summed E-state index contributed by atoms with van der Waals surface area (Å²) < 4.78 is 5.63. The summed E-state index contributed by atoms with van der Waals surface area (Å²) in [6.07, 6.45) is 10.0. The van der Waals surface area contributed by atoms with E-state index in [4.69, 9.17) is 9.84 Å². The summed E-state index contributed by atoms with van der Waals surface area (Å²) in [6.45, 7) is 7.55. The van der Waals surface area contributed by atoms with Crippen molar-refractivity contribution in [1.29, 1.82) is 0 Å². The molecule has 0 aliphatic heterocycles. The number of aromatic nitrogens is 2. The summed E-state index contributed by atoms with van der Waals surface area (Å²) in [6, 6.07) is 6.62. The van der Waals surface area contributed by atoms with Crippen LogP contribution in [0.1, 0.15) is 50.2 Å². The van der Waals surface area contributed by atoms with Crippen LogP contribution < -0.4 is 15.0 Å². The fourth-order valence-electron chi connectivity index (χ4n) is 4.64. The molecule has 1 aromatic heterocycles. The number of carbonyl (C=O) groups is 1. The van der Waals surface area contributed by atoms with Gasteiger partial charge in [-0.2, -0.15) is 11.8 Å². The fourth-order valence-corrected chi connectivity index (χ4v) is 4.89. The highest BCUT2D eigenvalue weighted by Crippen LogP contribution is 2.33. The number of benzene rings is 1. The van der Waals surface area contributed by atoms with Crippen molar-refractivity contribution < 1.29 is 14.6 Å². The third-order valence-electron chi connectivity index (χ3n) is 6.49. The van der Waals surface area contributed by atoms with Crippen molar-refractivity contribution in [1.82, 2.24) is 9.97 Å². The first-order chi connectivity index (χ1) is 16.5. The van der Waals surface area contributed by atoms with E-state index in [9.17, 15) is 4.79 Å². The molecule has 0 spiro atoms. The van der Waals surface area contributed by atoms with Gasteiger partial charge in [0.1, 0.15) is 0 Å². The zero-order valence-corrected chi connectivity index (χ0v) is 21.4. The Balaban J connectivity index is 1.60. The van der Waals surface area contributed by atoms with E-state index in [-0.39, 0.29) is 0 Å². The number of carboxylic acid groups (broad SMARTS) is 1. The van der Waals surface area contributed by atoms with Gasteiger partial charge in [0.25, 0.3) is 0 Å². The highest BCUT2D eigenvalue weighted by molar-refractivity contribution is 7.98. The Hall–Kier alpha value is -2.48. The Morgan fingerprint density at radius 2 is 1.91 bits per heavy atom. The number of hydrogen-bond donors (Lipinski definition) is 2. The number of nitrogens with one attached hydrogen (secondary N) is 1. The van der Waals surface area contributed by atoms with Crippen LogP contribution in [0.4, 0.5) is 11.6 Å². The Morgan fingerprint density at radius 3 is 2.56 bits per heavy atom. The summed E-state index contributed by atoms with van der Waals surface area (Å²) in [7, 11) is 0. The highest BCUT2D eigenvalue weighted by Gasteiger charge is 2.25. The number of aryl methyl sites for hydroxylation is 1. The van der Waals surface area contributed by atoms with E-state index >= 15 is 0 Å². The van der Waals surface area contributed by atoms with Crippen LogP contribution >= 0.6 is 11.8 Å². The molecule has 0 bridgehead atoms. The first kappa shape index (κ1) is 26.1. The molecule has 0 unspecified atom stereocenters. The van der Waals surface area contributed by atoms with Gasteiger partial charge < -0.3 is 20.1 Å². The van der Waals surface area contributed by atoms with Crippen LogP contribution in [0.3, 0.4) is 0 Å². The summed E-state index contributed by atoms with van der Waals surface area (Å²) in [5.41, 5.74) is 3.69. The number of ether oxygens (including phenoxy) is 1. The van der Waals surface area contributed by atoms with Crippen LogP contribution in [0, 0.1) is 18.8 Å². The number of hydrogen-bond acceptors (Lipinski definition) is 7. The number of aliphatic carboxylic acids is 1. The molecule has 8 heteroatoms. The molecular formula is C26H38N4O3S. The Morgan fingerprint density at radius 1 is 1.21 bits per heavy atom. The lowest BCUT2D eigenvalue weighted by atomic mass is 9.80. The van der Waals surface area contributed by atoms with Crippen molar-refractivity contribution in [3.63, 3.8) is 0 Å². The smallest absolute Gasteiger partial charge is 0.303 e. The molecule has 1 aliphatic carbocycles. The second-order valence-electron chi connectivity index (χ2n) is 9.09. The molecule has 3 rings (SSSR count). The Kier molecular flexibility index (Phi) is 10.3. The average molecular weight is 487 g/mol. The van der Waals surface area contributed by atoms with Crippen molar-refractivity contribution in [3.05, 3.63) is 41.7 Å². The lowest BCUT2D eigenvalue weighted by Crippen LogP contribution is -2.32. The zero-order chi connectivity index (χ0) is 24.3. The van der Waals surface area contributed by atoms with Crippen molar-refractivity contribution >= 4 is 29.4 Å². The van der Waals surface area contributed by atoms with E-state index in [2.05, 4.69) is 58.5 Å². The predicted octanol–water partition coefficient (Wildman–Crippen LogP) is 5.25. The number of carboxylic acids is 1. The summed E-state index contributed by atoms with van der Waals surface area (Å²) in [4.78, 5) is 22.3. The minimum atomic E-state index is -0.669. The monoisotopic (exact) mass is 486 g/mol. The van der Waals surface area contributed by atoms with Crippen LogP contribution in [0.5, 0.6) is 5.75 Å². The van der Waals surface area contributed by atoms with Gasteiger partial charge in [-0.3, -0.25) is 4.79 Å². The van der Waals surface area contributed by atoms with Crippen molar-refractivity contribution in [2.45, 2.75) is 52.5 Å². The number of nitrogens with zero attached hydrogens (tertiary/aromatic N) is 3. The van der Waals surface area contributed by atoms with E-state index in [0.29, 0.717) is 43.1 Å². The van der Waals surface area contributed by atoms with Gasteiger partial charge in [-0.15, -0.1) is 0 Å². The van der Waals surface area contributed by atoms with Crippen molar-refractivity contribution in [3.8, 4) is 5.75 Å². The SMILES string of the molecule is CCN(CC1CCC(CC(=O)O)CC1)c1ccc(C)cc1CNc1ncc(OCCSC)cn1. The molecule has 0 saturated heterocycles. The molecule has 2 N–H and O–H groups in total. The molecule has 1 aliphatic rings. The minimum absolute atomic E-state index is 0.310. The maximum absolute atomic E-state index is 11.0. The molecule has 0 amide bonds. The van der Waals surface area contributed by atoms with Gasteiger partial charge >= 0.3 is 5.97 Å². The summed E-state index contributed by atoms with van der Waals surface area (Å²) in [5, 5.41) is 12.4. The molecule has 7 nitrogen and oxygen atoms in total. The normalized spacial score (nSPS) is 17.9. The summed E-state index contributed by atoms with van der Waals surface area (Å²) >= 11 is 1.75. The molecule has 2 aromatic rings. The second kappa shape index (κ2) is 13.4. The third kappa shape index (κ3) is 8.08. The van der Waals surface area contributed by atoms with E-state index in [1.54, 1.807) is 24.2 Å². The van der Waals surface area contributed by atoms with Gasteiger partial charge in [0.2, 0.25) is 5.95 Å². The van der Waals surface area contributed by atoms with Crippen LogP contribution in [0.25, 0.3) is 0 Å². The molecule has 1 saturated carbocycles. The first-order valence-electron chi connectivity index (χ1n) is 12.2. The van der Waals surface area contributed by atoms with Gasteiger partial charge in [-0.05, 0) is 69.3 Å². The van der Waals surface area contributed by atoms with Gasteiger partial charge in [-0.25, -0.2) is 9.97 Å². The molecule has 0 atom stereocenters. The second-order valence-corrected chi connectivity index (χ2v) is 10.1. The topological polar surface area (TPSA) is 87.6 Å². The van der Waals surface area contributed by atoms with E-state index in [1.807, 2.05) is 0 Å². The van der Waals surface area contributed by atoms with Gasteiger partial charge in [0, 0.05) is 37.5 Å². The van der Waals surface area contributed by atoms with Crippen LogP contribution in [0.2, 0.25) is 0 Å². The standard InChI is InChI=1S/C26H38N4O3S/c1-4-30(18-21-8-6-20(7-9-21)14-25(31)32)24-10-5-19(2)13-22(24)15-27-26-28-16-23(17-29-26)33-11-12-34-3/h5,10,13,16-17,20-21H,4,6-9,11-12,14-15,18H2,1-3H3,(H,31,32)(H,27,28,29). The molecule has 186 valence electrons. The number of rotatable bonds is 13. The molecular weight excluding hydrogens is 448 g/mol. The van der Waals surface area contributed by atoms with E-state index in [1.165, 1.54) is 16.8 Å². The Labute approximate surface area is 207 Å². The average Bonchev–Trinajstić information content (AvgIpc) is 2.83. The van der Waals surface area contributed by atoms with E-state index < -0.39 is 5.97 Å². The molecule has 34 heavy (non-hydrogen) atoms. The molecule has 0 radical (unpaired) electrons. The molecule has 1 heterocycles. The van der Waals surface area contributed by atoms with E-state index in [0.717, 1.165) is 44.5 Å². The largest absolute Gasteiger partial charge is 0.489 e. The van der Waals surface area contributed by atoms with Crippen LogP contribution in [0.15, 0.2) is 30.6 Å². The fraction of sp³-hybridized carbons (Fsp3) is 0.577. The predicted molar refractivity (Wildman–Crippen MR) is 140 cm³/mol. The highest BCUT2D eigenvalue weighted by atomic mass is 32.2. The van der Waals surface area contributed by atoms with Gasteiger partial charge in [-0.1, -0.05) is 17.7 Å². The number of thioether (sulfide) groups is 1. The lowest BCUT2D eigenvalue weighted by Gasteiger charge is -2.34. The van der Waals surface area contributed by atoms with Crippen molar-refractivity contribution in [2.24, 2.45) is 11.8 Å². The number of anilines is 2. The Bertz CT molecular complexity index is 901. The van der Waals surface area contributed by atoms with Gasteiger partial charge in [0.05, 0.1) is 19.0 Å². The van der Waals surface area contributed by atoms with Crippen LogP contribution in [-0.4, -0.2) is 52.7 Å². The zero-order valence-electron chi connectivity index (χ0n) is 20.6. The quantitative estimate of drug-likeness (QED) is 0.371. The molecule has 1 aromatic carbocycles. The summed E-state index contributed by atoms with van der Waals surface area (Å²) in [5.74, 6) is 2.49. The van der Waals surface area contributed by atoms with Crippen LogP contribution in [-0.2, 0) is 11.3 Å². The van der Waals surface area contributed by atoms with Gasteiger partial charge in [0.15, 0.2) is 5.75 Å². The van der Waals surface area contributed by atoms with Crippen molar-refractivity contribution in [2.75, 3.05) is 41.9 Å². The molecule has 1 fully saturated rings. The lowest BCUT2D eigenvalue weighted by molar-refractivity contribution is -0.138. The maximum atomic E-state index is 11.0. The maximum Gasteiger partial charge on any atom is 0.303 e. The first-order valence-corrected chi connectivity index (χ1v) is 13.6.